The van der Waals surface area contributed by atoms with Gasteiger partial charge in [0, 0.05) is 12.1 Å². The Kier molecular flexibility index (Phi) is 3.56. The molecule has 0 radical (unpaired) electrons. The first kappa shape index (κ1) is 14.5. The van der Waals surface area contributed by atoms with E-state index in [1.165, 1.54) is 12.0 Å². The van der Waals surface area contributed by atoms with Gasteiger partial charge in [0.25, 0.3) is 5.91 Å². The highest BCUT2D eigenvalue weighted by molar-refractivity contribution is 6.01. The fourth-order valence-electron chi connectivity index (χ4n) is 2.72. The number of nitrogens with zero attached hydrogens (tertiary/aromatic N) is 1. The van der Waals surface area contributed by atoms with E-state index >= 15 is 0 Å². The third-order valence-electron chi connectivity index (χ3n) is 3.83. The van der Waals surface area contributed by atoms with Crippen molar-refractivity contribution in [1.82, 2.24) is 0 Å². The molecule has 3 nitrogen and oxygen atoms in total. The summed E-state index contributed by atoms with van der Waals surface area (Å²) >= 11 is 0. The molecule has 1 aliphatic rings. The van der Waals surface area contributed by atoms with Crippen molar-refractivity contribution in [1.29, 1.82) is 0 Å². The Morgan fingerprint density at radius 3 is 2.32 bits per heavy atom. The van der Waals surface area contributed by atoms with Crippen LogP contribution >= 0.6 is 0 Å². The number of alkyl halides is 2. The van der Waals surface area contributed by atoms with E-state index in [1.807, 2.05) is 6.07 Å². The Hall–Kier alpha value is -2.43. The van der Waals surface area contributed by atoms with E-state index in [0.29, 0.717) is 17.0 Å². The average Bonchev–Trinajstić information content (AvgIpc) is 2.79. The van der Waals surface area contributed by atoms with Crippen LogP contribution in [0.5, 0.6) is 5.75 Å². The lowest BCUT2D eigenvalue weighted by Gasteiger charge is -2.24. The molecule has 1 fully saturated rings. The van der Waals surface area contributed by atoms with Crippen LogP contribution in [-0.2, 0) is 4.79 Å². The number of hydrogen-bond donors (Lipinski definition) is 0. The van der Waals surface area contributed by atoms with Crippen LogP contribution in [0.3, 0.4) is 0 Å². The molecule has 5 heteroatoms. The van der Waals surface area contributed by atoms with Crippen LogP contribution < -0.4 is 9.64 Å². The van der Waals surface area contributed by atoms with Crippen molar-refractivity contribution < 1.29 is 18.3 Å². The number of rotatable bonds is 3. The van der Waals surface area contributed by atoms with Gasteiger partial charge in [0.2, 0.25) is 0 Å². The first-order valence-corrected chi connectivity index (χ1v) is 6.93. The van der Waals surface area contributed by atoms with Crippen LogP contribution in [0, 0.1) is 0 Å². The van der Waals surface area contributed by atoms with Gasteiger partial charge in [0.05, 0.1) is 13.2 Å². The van der Waals surface area contributed by atoms with E-state index in [0.717, 1.165) is 0 Å². The lowest BCUT2D eigenvalue weighted by atomic mass is 10.0. The average molecular weight is 303 g/mol. The summed E-state index contributed by atoms with van der Waals surface area (Å²) in [5.41, 5.74) is 1.14. The number of amides is 1. The van der Waals surface area contributed by atoms with Crippen LogP contribution in [0.4, 0.5) is 14.5 Å². The Morgan fingerprint density at radius 2 is 1.73 bits per heavy atom. The molecule has 3 rings (SSSR count). The van der Waals surface area contributed by atoms with Crippen molar-refractivity contribution in [3.63, 3.8) is 0 Å². The summed E-state index contributed by atoms with van der Waals surface area (Å²) in [5.74, 6) is -3.90. The highest BCUT2D eigenvalue weighted by Crippen LogP contribution is 2.44. The van der Waals surface area contributed by atoms with E-state index in [9.17, 15) is 13.6 Å². The number of halogens is 2. The van der Waals surface area contributed by atoms with Gasteiger partial charge in [-0.1, -0.05) is 30.3 Å². The second kappa shape index (κ2) is 5.40. The number of carbonyl (C=O) groups excluding carboxylic acids is 1. The Morgan fingerprint density at radius 1 is 1.09 bits per heavy atom. The molecule has 1 heterocycles. The molecule has 1 saturated heterocycles. The van der Waals surface area contributed by atoms with Gasteiger partial charge in [0.1, 0.15) is 5.75 Å². The summed E-state index contributed by atoms with van der Waals surface area (Å²) in [7, 11) is 1.52. The summed E-state index contributed by atoms with van der Waals surface area (Å²) in [6, 6.07) is 14.8. The molecule has 2 aromatic carbocycles. The molecule has 2 aromatic rings. The first-order chi connectivity index (χ1) is 10.5. The minimum Gasteiger partial charge on any atom is -0.497 e. The maximum Gasteiger partial charge on any atom is 0.327 e. The number of carbonyl (C=O) groups is 1. The van der Waals surface area contributed by atoms with E-state index in [1.54, 1.807) is 48.5 Å². The monoisotopic (exact) mass is 303 g/mol. The molecule has 1 amide bonds. The lowest BCUT2D eigenvalue weighted by molar-refractivity contribution is -0.137. The van der Waals surface area contributed by atoms with Gasteiger partial charge in [-0.15, -0.1) is 0 Å². The predicted molar refractivity (Wildman–Crippen MR) is 79.2 cm³/mol. The number of hydrogen-bond acceptors (Lipinski definition) is 2. The van der Waals surface area contributed by atoms with Crippen LogP contribution in [-0.4, -0.2) is 18.9 Å². The predicted octanol–water partition coefficient (Wildman–Crippen LogP) is 3.81. The van der Waals surface area contributed by atoms with Crippen molar-refractivity contribution in [2.45, 2.75) is 18.4 Å². The maximum atomic E-state index is 13.9. The molecule has 1 atom stereocenters. The van der Waals surface area contributed by atoms with Gasteiger partial charge in [0.15, 0.2) is 0 Å². The van der Waals surface area contributed by atoms with Crippen LogP contribution in [0.1, 0.15) is 18.0 Å². The van der Waals surface area contributed by atoms with Gasteiger partial charge < -0.3 is 4.74 Å². The lowest BCUT2D eigenvalue weighted by Crippen LogP contribution is -2.34. The largest absolute Gasteiger partial charge is 0.497 e. The van der Waals surface area contributed by atoms with E-state index in [2.05, 4.69) is 0 Å². The van der Waals surface area contributed by atoms with Crippen LogP contribution in [0.15, 0.2) is 54.6 Å². The number of anilines is 1. The van der Waals surface area contributed by atoms with Gasteiger partial charge in [-0.2, -0.15) is 8.78 Å². The molecule has 1 aliphatic heterocycles. The quantitative estimate of drug-likeness (QED) is 0.863. The fraction of sp³-hybridized carbons (Fsp3) is 0.235. The molecular weight excluding hydrogens is 288 g/mol. The van der Waals surface area contributed by atoms with Crippen molar-refractivity contribution in [3.05, 3.63) is 60.2 Å². The SMILES string of the molecule is COc1ccc(N2C(=O)C(F)(F)CC2c2ccccc2)cc1. The molecule has 0 aromatic heterocycles. The van der Waals surface area contributed by atoms with Gasteiger partial charge >= 0.3 is 5.92 Å². The highest BCUT2D eigenvalue weighted by atomic mass is 19.3. The molecule has 0 aliphatic carbocycles. The Balaban J connectivity index is 2.02. The molecule has 1 unspecified atom stereocenters. The van der Waals surface area contributed by atoms with Gasteiger partial charge in [-0.05, 0) is 29.8 Å². The summed E-state index contributed by atoms with van der Waals surface area (Å²) in [6.45, 7) is 0. The zero-order chi connectivity index (χ0) is 15.7. The third-order valence-corrected chi connectivity index (χ3v) is 3.83. The van der Waals surface area contributed by atoms with E-state index < -0.39 is 24.3 Å². The van der Waals surface area contributed by atoms with Gasteiger partial charge in [-0.25, -0.2) is 0 Å². The summed E-state index contributed by atoms with van der Waals surface area (Å²) in [5, 5.41) is 0. The maximum absolute atomic E-state index is 13.9. The zero-order valence-corrected chi connectivity index (χ0v) is 12.0. The first-order valence-electron chi connectivity index (χ1n) is 6.93. The number of methoxy groups -OCH3 is 1. The molecule has 22 heavy (non-hydrogen) atoms. The standard InChI is InChI=1S/C17H15F2NO2/c1-22-14-9-7-13(8-10-14)20-15(11-17(18,19)16(20)21)12-5-3-2-4-6-12/h2-10,15H,11H2,1H3. The molecule has 0 N–H and O–H groups in total. The zero-order valence-electron chi connectivity index (χ0n) is 12.0. The van der Waals surface area contributed by atoms with E-state index in [4.69, 9.17) is 4.74 Å². The molecule has 0 spiro atoms. The highest BCUT2D eigenvalue weighted by Gasteiger charge is 2.54. The smallest absolute Gasteiger partial charge is 0.327 e. The summed E-state index contributed by atoms with van der Waals surface area (Å²) in [6.07, 6.45) is -0.512. The Labute approximate surface area is 127 Å². The molecule has 0 saturated carbocycles. The van der Waals surface area contributed by atoms with Crippen molar-refractivity contribution in [3.8, 4) is 5.75 Å². The van der Waals surface area contributed by atoms with Gasteiger partial charge in [-0.3, -0.25) is 9.69 Å². The van der Waals surface area contributed by atoms with Crippen molar-refractivity contribution in [2.24, 2.45) is 0 Å². The molecule has 114 valence electrons. The minimum absolute atomic E-state index is 0.442. The van der Waals surface area contributed by atoms with Crippen molar-refractivity contribution >= 4 is 11.6 Å². The Bertz CT molecular complexity index is 671. The number of ether oxygens (including phenoxy) is 1. The third kappa shape index (κ3) is 2.43. The van der Waals surface area contributed by atoms with Crippen molar-refractivity contribution in [2.75, 3.05) is 12.0 Å². The number of benzene rings is 2. The summed E-state index contributed by atoms with van der Waals surface area (Å²) in [4.78, 5) is 13.3. The molecular formula is C17H15F2NO2. The molecule has 0 bridgehead atoms. The van der Waals surface area contributed by atoms with Crippen LogP contribution in [0.25, 0.3) is 0 Å². The normalized spacial score (nSPS) is 20.2. The second-order valence-electron chi connectivity index (χ2n) is 5.21. The second-order valence-corrected chi connectivity index (χ2v) is 5.21. The fourth-order valence-corrected chi connectivity index (χ4v) is 2.72. The van der Waals surface area contributed by atoms with E-state index in [-0.39, 0.29) is 0 Å². The van der Waals surface area contributed by atoms with Crippen LogP contribution in [0.2, 0.25) is 0 Å². The minimum atomic E-state index is -3.35. The topological polar surface area (TPSA) is 29.5 Å². The summed E-state index contributed by atoms with van der Waals surface area (Å²) < 4.78 is 32.9.